The van der Waals surface area contributed by atoms with E-state index in [1.807, 2.05) is 12.1 Å². The van der Waals surface area contributed by atoms with E-state index >= 15 is 0 Å². The molecule has 0 atom stereocenters. The topological polar surface area (TPSA) is 70.5 Å². The van der Waals surface area contributed by atoms with Crippen molar-refractivity contribution in [3.8, 4) is 0 Å². The maximum atomic E-state index is 11.4. The summed E-state index contributed by atoms with van der Waals surface area (Å²) in [5, 5.41) is 8.54. The van der Waals surface area contributed by atoms with Gasteiger partial charge >= 0.3 is 5.97 Å². The van der Waals surface area contributed by atoms with Gasteiger partial charge in [0.25, 0.3) is 0 Å². The Morgan fingerprint density at radius 3 is 2.53 bits per heavy atom. The fraction of sp³-hybridized carbons (Fsp3) is 0.417. The lowest BCUT2D eigenvalue weighted by Crippen LogP contribution is -2.29. The van der Waals surface area contributed by atoms with E-state index in [2.05, 4.69) is 4.98 Å². The average Bonchev–Trinajstić information content (AvgIpc) is 2.28. The predicted octanol–water partition coefficient (Wildman–Crippen LogP) is 1.29. The van der Waals surface area contributed by atoms with Crippen LogP contribution in [0, 0.1) is 0 Å². The number of hydrogen-bond donors (Lipinski definition) is 1. The van der Waals surface area contributed by atoms with Gasteiger partial charge < -0.3 is 10.0 Å². The van der Waals surface area contributed by atoms with Crippen molar-refractivity contribution in [2.45, 2.75) is 26.3 Å². The first-order valence-electron chi connectivity index (χ1n) is 5.46. The van der Waals surface area contributed by atoms with Gasteiger partial charge in [-0.2, -0.15) is 0 Å². The number of carbonyl (C=O) groups is 2. The van der Waals surface area contributed by atoms with Crippen molar-refractivity contribution in [3.63, 3.8) is 0 Å². The number of aromatic nitrogens is 1. The number of carboxylic acids is 1. The molecule has 1 aromatic heterocycles. The fourth-order valence-corrected chi connectivity index (χ4v) is 1.48. The zero-order valence-electron chi connectivity index (χ0n) is 9.80. The molecule has 1 rings (SSSR count). The largest absolute Gasteiger partial charge is 0.481 e. The highest BCUT2D eigenvalue weighted by Crippen LogP contribution is 2.05. The average molecular weight is 236 g/mol. The van der Waals surface area contributed by atoms with Gasteiger partial charge in [-0.15, -0.1) is 0 Å². The van der Waals surface area contributed by atoms with E-state index in [1.165, 1.54) is 6.92 Å². The lowest BCUT2D eigenvalue weighted by Gasteiger charge is -2.20. The summed E-state index contributed by atoms with van der Waals surface area (Å²) in [6.07, 6.45) is 3.90. The summed E-state index contributed by atoms with van der Waals surface area (Å²) in [4.78, 5) is 27.3. The summed E-state index contributed by atoms with van der Waals surface area (Å²) in [6.45, 7) is 2.45. The van der Waals surface area contributed by atoms with Crippen molar-refractivity contribution >= 4 is 11.9 Å². The molecule has 0 aliphatic heterocycles. The van der Waals surface area contributed by atoms with Crippen molar-refractivity contribution in [1.82, 2.24) is 9.88 Å². The molecule has 5 heteroatoms. The summed E-state index contributed by atoms with van der Waals surface area (Å²) in [6, 6.07) is 3.68. The van der Waals surface area contributed by atoms with Gasteiger partial charge in [-0.05, 0) is 24.1 Å². The van der Waals surface area contributed by atoms with E-state index in [0.29, 0.717) is 19.5 Å². The molecule has 0 aliphatic carbocycles. The van der Waals surface area contributed by atoms with Crippen LogP contribution in [-0.2, 0) is 16.1 Å². The molecule has 0 fully saturated rings. The van der Waals surface area contributed by atoms with E-state index < -0.39 is 5.97 Å². The molecule has 0 spiro atoms. The molecule has 0 aliphatic rings. The third-order valence-electron chi connectivity index (χ3n) is 2.39. The van der Waals surface area contributed by atoms with E-state index in [4.69, 9.17) is 5.11 Å². The maximum Gasteiger partial charge on any atom is 0.303 e. The zero-order chi connectivity index (χ0) is 12.7. The van der Waals surface area contributed by atoms with Crippen molar-refractivity contribution in [1.29, 1.82) is 0 Å². The Balaban J connectivity index is 2.49. The lowest BCUT2D eigenvalue weighted by atomic mass is 10.2. The Morgan fingerprint density at radius 2 is 2.00 bits per heavy atom. The van der Waals surface area contributed by atoms with Crippen LogP contribution < -0.4 is 0 Å². The number of nitrogens with zero attached hydrogens (tertiary/aromatic N) is 2. The van der Waals surface area contributed by atoms with Gasteiger partial charge in [0.15, 0.2) is 0 Å². The summed E-state index contributed by atoms with van der Waals surface area (Å²) >= 11 is 0. The van der Waals surface area contributed by atoms with Gasteiger partial charge in [-0.1, -0.05) is 0 Å². The molecule has 0 radical (unpaired) electrons. The third kappa shape index (κ3) is 5.10. The molecular formula is C12H16N2O3. The zero-order valence-corrected chi connectivity index (χ0v) is 9.80. The molecule has 0 unspecified atom stereocenters. The molecule has 0 saturated heterocycles. The van der Waals surface area contributed by atoms with Gasteiger partial charge in [0.1, 0.15) is 0 Å². The van der Waals surface area contributed by atoms with Crippen LogP contribution in [0.1, 0.15) is 25.3 Å². The number of pyridine rings is 1. The Bertz CT molecular complexity index is 379. The van der Waals surface area contributed by atoms with Gasteiger partial charge in [-0.3, -0.25) is 14.6 Å². The number of carbonyl (C=O) groups excluding carboxylic acids is 1. The molecule has 92 valence electrons. The number of amides is 1. The van der Waals surface area contributed by atoms with Crippen LogP contribution in [0.25, 0.3) is 0 Å². The minimum Gasteiger partial charge on any atom is -0.481 e. The van der Waals surface area contributed by atoms with Gasteiger partial charge in [-0.25, -0.2) is 0 Å². The highest BCUT2D eigenvalue weighted by Gasteiger charge is 2.09. The van der Waals surface area contributed by atoms with Crippen molar-refractivity contribution in [3.05, 3.63) is 30.1 Å². The van der Waals surface area contributed by atoms with E-state index in [1.54, 1.807) is 17.3 Å². The molecule has 1 amide bonds. The summed E-state index contributed by atoms with van der Waals surface area (Å²) in [5.74, 6) is -0.885. The lowest BCUT2D eigenvalue weighted by molar-refractivity contribution is -0.138. The molecule has 17 heavy (non-hydrogen) atoms. The molecule has 1 heterocycles. The van der Waals surface area contributed by atoms with Gasteiger partial charge in [0, 0.05) is 38.8 Å². The maximum absolute atomic E-state index is 11.4. The van der Waals surface area contributed by atoms with Crippen LogP contribution in [0.5, 0.6) is 0 Å². The normalized spacial score (nSPS) is 9.94. The number of rotatable bonds is 6. The van der Waals surface area contributed by atoms with Crippen LogP contribution >= 0.6 is 0 Å². The highest BCUT2D eigenvalue weighted by molar-refractivity contribution is 5.73. The van der Waals surface area contributed by atoms with Crippen LogP contribution in [0.4, 0.5) is 0 Å². The molecule has 5 nitrogen and oxygen atoms in total. The Labute approximate surface area is 100 Å². The number of carboxylic acid groups (broad SMARTS) is 1. The molecule has 1 aromatic rings. The Hall–Kier alpha value is -1.91. The number of hydrogen-bond acceptors (Lipinski definition) is 3. The minimum atomic E-state index is -0.836. The van der Waals surface area contributed by atoms with Crippen molar-refractivity contribution in [2.24, 2.45) is 0 Å². The molecular weight excluding hydrogens is 220 g/mol. The first-order chi connectivity index (χ1) is 8.09. The summed E-state index contributed by atoms with van der Waals surface area (Å²) < 4.78 is 0. The quantitative estimate of drug-likeness (QED) is 0.808. The van der Waals surface area contributed by atoms with E-state index in [-0.39, 0.29) is 12.3 Å². The van der Waals surface area contributed by atoms with E-state index in [9.17, 15) is 9.59 Å². The van der Waals surface area contributed by atoms with Gasteiger partial charge in [0.05, 0.1) is 0 Å². The third-order valence-corrected chi connectivity index (χ3v) is 2.39. The smallest absolute Gasteiger partial charge is 0.303 e. The summed E-state index contributed by atoms with van der Waals surface area (Å²) in [7, 11) is 0. The van der Waals surface area contributed by atoms with Crippen LogP contribution in [0.15, 0.2) is 24.5 Å². The second-order valence-corrected chi connectivity index (χ2v) is 3.79. The van der Waals surface area contributed by atoms with Crippen molar-refractivity contribution in [2.75, 3.05) is 6.54 Å². The highest BCUT2D eigenvalue weighted by atomic mass is 16.4. The molecule has 0 saturated carbocycles. The minimum absolute atomic E-state index is 0.0489. The van der Waals surface area contributed by atoms with Crippen LogP contribution in [0.3, 0.4) is 0 Å². The fourth-order valence-electron chi connectivity index (χ4n) is 1.48. The van der Waals surface area contributed by atoms with E-state index in [0.717, 1.165) is 5.56 Å². The van der Waals surface area contributed by atoms with Crippen LogP contribution in [-0.4, -0.2) is 33.4 Å². The first kappa shape index (κ1) is 13.2. The second-order valence-electron chi connectivity index (χ2n) is 3.79. The first-order valence-corrected chi connectivity index (χ1v) is 5.46. The Kier molecular flexibility index (Phi) is 5.13. The standard InChI is InChI=1S/C12H16N2O3/c1-10(15)14(8-2-3-12(16)17)9-11-4-6-13-7-5-11/h4-7H,2-3,8-9H2,1H3,(H,16,17). The van der Waals surface area contributed by atoms with Crippen LogP contribution in [0.2, 0.25) is 0 Å². The molecule has 1 N–H and O–H groups in total. The van der Waals surface area contributed by atoms with Crippen molar-refractivity contribution < 1.29 is 14.7 Å². The number of aliphatic carboxylic acids is 1. The predicted molar refractivity (Wildman–Crippen MR) is 62.2 cm³/mol. The SMILES string of the molecule is CC(=O)N(CCCC(=O)O)Cc1ccncc1. The second kappa shape index (κ2) is 6.62. The Morgan fingerprint density at radius 1 is 1.35 bits per heavy atom. The molecule has 0 bridgehead atoms. The van der Waals surface area contributed by atoms with Gasteiger partial charge in [0.2, 0.25) is 5.91 Å². The monoisotopic (exact) mass is 236 g/mol. The summed E-state index contributed by atoms with van der Waals surface area (Å²) in [5.41, 5.74) is 0.991. The molecule has 0 aromatic carbocycles.